The Balaban J connectivity index is 1.20. The zero-order valence-corrected chi connectivity index (χ0v) is 24.3. The number of rotatable bonds is 2. The SMILES string of the molecule is c1ccc2c(c1)-c1ccccc1-n1c(cc3ccc4ccccc4c31)N2c1ccc(-c2ccc3oc4ccccc4c3c2)cc1. The Kier molecular flexibility index (Phi) is 5.00. The smallest absolute Gasteiger partial charge is 0.135 e. The molecular formula is C42H26N2O. The van der Waals surface area contributed by atoms with Crippen LogP contribution in [-0.2, 0) is 0 Å². The summed E-state index contributed by atoms with van der Waals surface area (Å²) < 4.78 is 8.55. The predicted octanol–water partition coefficient (Wildman–Crippen LogP) is 11.8. The Morgan fingerprint density at radius 2 is 1.07 bits per heavy atom. The molecule has 2 aromatic heterocycles. The third-order valence-corrected chi connectivity index (χ3v) is 9.31. The van der Waals surface area contributed by atoms with Gasteiger partial charge in [0, 0.05) is 38.4 Å². The van der Waals surface area contributed by atoms with Crippen molar-refractivity contribution in [3.05, 3.63) is 158 Å². The quantitative estimate of drug-likeness (QED) is 0.205. The van der Waals surface area contributed by atoms with Gasteiger partial charge in [-0.05, 0) is 65.0 Å². The highest BCUT2D eigenvalue weighted by molar-refractivity contribution is 6.11. The van der Waals surface area contributed by atoms with E-state index in [1.807, 2.05) is 12.1 Å². The van der Waals surface area contributed by atoms with Crippen molar-refractivity contribution in [1.82, 2.24) is 4.57 Å². The highest BCUT2D eigenvalue weighted by atomic mass is 16.3. The maximum Gasteiger partial charge on any atom is 0.135 e. The van der Waals surface area contributed by atoms with E-state index in [4.69, 9.17) is 4.42 Å². The Hall–Kier alpha value is -6.06. The molecule has 0 radical (unpaired) electrons. The van der Waals surface area contributed by atoms with E-state index < -0.39 is 0 Å². The fourth-order valence-electron chi connectivity index (χ4n) is 7.26. The van der Waals surface area contributed by atoms with Gasteiger partial charge in [-0.25, -0.2) is 0 Å². The van der Waals surface area contributed by atoms with Gasteiger partial charge in [0.2, 0.25) is 0 Å². The number of anilines is 3. The Morgan fingerprint density at radius 1 is 0.422 bits per heavy atom. The molecule has 1 aliphatic rings. The zero-order chi connectivity index (χ0) is 29.5. The number of hydrogen-bond donors (Lipinski definition) is 0. The van der Waals surface area contributed by atoms with Crippen LogP contribution in [0.1, 0.15) is 0 Å². The van der Waals surface area contributed by atoms with Gasteiger partial charge in [0.15, 0.2) is 0 Å². The van der Waals surface area contributed by atoms with E-state index in [1.54, 1.807) is 0 Å². The van der Waals surface area contributed by atoms with Gasteiger partial charge in [0.05, 0.1) is 16.9 Å². The summed E-state index contributed by atoms with van der Waals surface area (Å²) in [6.07, 6.45) is 0. The van der Waals surface area contributed by atoms with Crippen LogP contribution in [0.15, 0.2) is 162 Å². The average molecular weight is 575 g/mol. The lowest BCUT2D eigenvalue weighted by atomic mass is 10.00. The molecular weight excluding hydrogens is 548 g/mol. The topological polar surface area (TPSA) is 21.3 Å². The second-order valence-electron chi connectivity index (χ2n) is 11.8. The van der Waals surface area contributed by atoms with E-state index in [-0.39, 0.29) is 0 Å². The van der Waals surface area contributed by atoms with Crippen LogP contribution in [0.5, 0.6) is 0 Å². The molecule has 0 amide bonds. The third-order valence-electron chi connectivity index (χ3n) is 9.31. The molecule has 9 aromatic rings. The highest BCUT2D eigenvalue weighted by Gasteiger charge is 2.28. The maximum absolute atomic E-state index is 6.09. The zero-order valence-electron chi connectivity index (χ0n) is 24.3. The largest absolute Gasteiger partial charge is 0.456 e. The Labute approximate surface area is 259 Å². The molecule has 0 N–H and O–H groups in total. The summed E-state index contributed by atoms with van der Waals surface area (Å²) in [6, 6.07) is 56.8. The van der Waals surface area contributed by atoms with Crippen molar-refractivity contribution in [3.63, 3.8) is 0 Å². The Bertz CT molecular complexity index is 2600. The van der Waals surface area contributed by atoms with Crippen LogP contribution in [0.2, 0.25) is 0 Å². The number of fused-ring (bicyclic) bond motifs is 12. The Morgan fingerprint density at radius 3 is 1.93 bits per heavy atom. The minimum Gasteiger partial charge on any atom is -0.456 e. The second-order valence-corrected chi connectivity index (χ2v) is 11.8. The van der Waals surface area contributed by atoms with E-state index in [2.05, 4.69) is 155 Å². The standard InChI is InChI=1S/C42H26N2O/c1-2-10-32-28(9-1)17-18-30-26-41-43(37-14-6-3-11-33(37)34-12-4-7-15-38(34)44(41)42(30)32)31-22-19-27(20-23-31)29-21-24-40-36(25-29)35-13-5-8-16-39(35)45-40/h1-26H. The van der Waals surface area contributed by atoms with Crippen molar-refractivity contribution < 1.29 is 4.42 Å². The fraction of sp³-hybridized carbons (Fsp3) is 0. The molecule has 0 saturated carbocycles. The van der Waals surface area contributed by atoms with Crippen LogP contribution in [0.3, 0.4) is 0 Å². The lowest BCUT2D eigenvalue weighted by Crippen LogP contribution is -2.12. The van der Waals surface area contributed by atoms with Crippen LogP contribution in [0.4, 0.5) is 17.2 Å². The summed E-state index contributed by atoms with van der Waals surface area (Å²) in [4.78, 5) is 2.42. The van der Waals surface area contributed by atoms with E-state index in [0.29, 0.717) is 0 Å². The monoisotopic (exact) mass is 574 g/mol. The van der Waals surface area contributed by atoms with Crippen molar-refractivity contribution in [2.24, 2.45) is 0 Å². The summed E-state index contributed by atoms with van der Waals surface area (Å²) in [5, 5.41) is 6.00. The first-order chi connectivity index (χ1) is 22.3. The van der Waals surface area contributed by atoms with Crippen LogP contribution in [0, 0.1) is 0 Å². The summed E-state index contributed by atoms with van der Waals surface area (Å²) in [6.45, 7) is 0. The molecule has 3 heteroatoms. The summed E-state index contributed by atoms with van der Waals surface area (Å²) in [7, 11) is 0. The lowest BCUT2D eigenvalue weighted by molar-refractivity contribution is 0.669. The van der Waals surface area contributed by atoms with E-state index >= 15 is 0 Å². The molecule has 0 saturated heterocycles. The van der Waals surface area contributed by atoms with E-state index in [9.17, 15) is 0 Å². The molecule has 0 spiro atoms. The van der Waals surface area contributed by atoms with Crippen LogP contribution in [-0.4, -0.2) is 4.57 Å². The third kappa shape index (κ3) is 3.52. The number of nitrogens with zero attached hydrogens (tertiary/aromatic N) is 2. The summed E-state index contributed by atoms with van der Waals surface area (Å²) in [5.74, 6) is 1.12. The number of hydrogen-bond acceptors (Lipinski definition) is 2. The molecule has 1 aliphatic heterocycles. The van der Waals surface area contributed by atoms with Gasteiger partial charge >= 0.3 is 0 Å². The van der Waals surface area contributed by atoms with Gasteiger partial charge in [-0.1, -0.05) is 109 Å². The summed E-state index contributed by atoms with van der Waals surface area (Å²) in [5.41, 5.74) is 11.3. The van der Waals surface area contributed by atoms with Gasteiger partial charge in [-0.3, -0.25) is 9.47 Å². The minimum atomic E-state index is 0.915. The van der Waals surface area contributed by atoms with Crippen LogP contribution in [0.25, 0.3) is 71.6 Å². The van der Waals surface area contributed by atoms with E-state index in [0.717, 1.165) is 39.1 Å². The van der Waals surface area contributed by atoms with Crippen LogP contribution < -0.4 is 4.90 Å². The van der Waals surface area contributed by atoms with Crippen molar-refractivity contribution in [2.75, 3.05) is 4.90 Å². The highest BCUT2D eigenvalue weighted by Crippen LogP contribution is 2.49. The molecule has 10 rings (SSSR count). The van der Waals surface area contributed by atoms with Gasteiger partial charge < -0.3 is 4.42 Å². The summed E-state index contributed by atoms with van der Waals surface area (Å²) >= 11 is 0. The first-order valence-corrected chi connectivity index (χ1v) is 15.4. The van der Waals surface area contributed by atoms with Gasteiger partial charge in [0.25, 0.3) is 0 Å². The van der Waals surface area contributed by atoms with Crippen molar-refractivity contribution in [3.8, 4) is 27.9 Å². The lowest BCUT2D eigenvalue weighted by Gasteiger charge is -2.26. The van der Waals surface area contributed by atoms with E-state index in [1.165, 1.54) is 49.6 Å². The van der Waals surface area contributed by atoms with Crippen molar-refractivity contribution in [1.29, 1.82) is 0 Å². The first kappa shape index (κ1) is 24.4. The van der Waals surface area contributed by atoms with Crippen LogP contribution >= 0.6 is 0 Å². The number of aromatic nitrogens is 1. The molecule has 45 heavy (non-hydrogen) atoms. The van der Waals surface area contributed by atoms with Gasteiger partial charge in [0.1, 0.15) is 17.0 Å². The molecule has 210 valence electrons. The number of benzene rings is 7. The molecule has 0 bridgehead atoms. The molecule has 0 unspecified atom stereocenters. The van der Waals surface area contributed by atoms with Crippen molar-refractivity contribution >= 4 is 60.8 Å². The molecule has 7 aromatic carbocycles. The molecule has 3 nitrogen and oxygen atoms in total. The minimum absolute atomic E-state index is 0.915. The van der Waals surface area contributed by atoms with Gasteiger partial charge in [-0.2, -0.15) is 0 Å². The fourth-order valence-corrected chi connectivity index (χ4v) is 7.26. The first-order valence-electron chi connectivity index (χ1n) is 15.4. The van der Waals surface area contributed by atoms with Gasteiger partial charge in [-0.15, -0.1) is 0 Å². The normalized spacial score (nSPS) is 12.4. The molecule has 0 aliphatic carbocycles. The molecule has 3 heterocycles. The molecule has 0 atom stereocenters. The number of para-hydroxylation sites is 3. The average Bonchev–Trinajstić information content (AvgIpc) is 3.64. The van der Waals surface area contributed by atoms with Crippen molar-refractivity contribution in [2.45, 2.75) is 0 Å². The predicted molar refractivity (Wildman–Crippen MR) is 187 cm³/mol. The number of furan rings is 1. The molecule has 0 fully saturated rings. The maximum atomic E-state index is 6.09. The second kappa shape index (κ2) is 9.22.